The van der Waals surface area contributed by atoms with Crippen molar-refractivity contribution in [2.75, 3.05) is 27.2 Å². The maximum absolute atomic E-state index is 12.9. The molecular formula is C17H22N4O3. The Hall–Kier alpha value is -2.41. The smallest absolute Gasteiger partial charge is 0.229 e. The molecule has 1 aliphatic rings. The Labute approximate surface area is 141 Å². The summed E-state index contributed by atoms with van der Waals surface area (Å²) in [5.41, 5.74) is 2.25. The summed E-state index contributed by atoms with van der Waals surface area (Å²) in [6.45, 7) is 3.52. The monoisotopic (exact) mass is 330 g/mol. The van der Waals surface area contributed by atoms with Crippen molar-refractivity contribution >= 4 is 5.91 Å². The first-order valence-corrected chi connectivity index (χ1v) is 7.97. The third-order valence-corrected chi connectivity index (χ3v) is 4.15. The third kappa shape index (κ3) is 3.56. The van der Waals surface area contributed by atoms with Gasteiger partial charge in [0, 0.05) is 18.7 Å². The number of carbonyl (C=O) groups excluding carboxylic acids is 1. The average molecular weight is 330 g/mol. The van der Waals surface area contributed by atoms with Crippen molar-refractivity contribution in [3.05, 3.63) is 41.2 Å². The van der Waals surface area contributed by atoms with E-state index in [1.807, 2.05) is 43.3 Å². The Bertz CT molecular complexity index is 713. The van der Waals surface area contributed by atoms with Gasteiger partial charge in [-0.05, 0) is 27.1 Å². The van der Waals surface area contributed by atoms with Crippen molar-refractivity contribution in [3.8, 4) is 5.75 Å². The molecule has 1 aliphatic heterocycles. The fourth-order valence-electron chi connectivity index (χ4n) is 2.88. The summed E-state index contributed by atoms with van der Waals surface area (Å²) in [7, 11) is 3.98. The largest absolute Gasteiger partial charge is 0.491 e. The maximum Gasteiger partial charge on any atom is 0.229 e. The van der Waals surface area contributed by atoms with E-state index >= 15 is 0 Å². The number of aryl methyl sites for hydroxylation is 1. The number of rotatable bonds is 4. The van der Waals surface area contributed by atoms with Gasteiger partial charge in [0.2, 0.25) is 5.91 Å². The number of fused-ring (bicyclic) bond motifs is 1. The highest BCUT2D eigenvalue weighted by Crippen LogP contribution is 2.25. The van der Waals surface area contributed by atoms with Crippen LogP contribution in [0.25, 0.3) is 0 Å². The Morgan fingerprint density at radius 3 is 2.83 bits per heavy atom. The van der Waals surface area contributed by atoms with E-state index in [1.165, 1.54) is 0 Å². The van der Waals surface area contributed by atoms with Crippen molar-refractivity contribution in [2.45, 2.75) is 25.9 Å². The van der Waals surface area contributed by atoms with Gasteiger partial charge in [0.15, 0.2) is 0 Å². The second-order valence-corrected chi connectivity index (χ2v) is 6.33. The number of ether oxygens (including phenoxy) is 1. The van der Waals surface area contributed by atoms with Crippen LogP contribution in [0.1, 0.15) is 17.0 Å². The second-order valence-electron chi connectivity index (χ2n) is 6.33. The van der Waals surface area contributed by atoms with Gasteiger partial charge in [0.25, 0.3) is 0 Å². The van der Waals surface area contributed by atoms with Crippen molar-refractivity contribution < 1.29 is 14.2 Å². The molecule has 0 unspecified atom stereocenters. The van der Waals surface area contributed by atoms with E-state index < -0.39 is 0 Å². The Balaban J connectivity index is 1.84. The molecule has 0 spiro atoms. The number of carbonyl (C=O) groups is 1. The molecule has 0 aliphatic carbocycles. The highest BCUT2D eigenvalue weighted by Gasteiger charge is 2.29. The van der Waals surface area contributed by atoms with E-state index in [0.29, 0.717) is 24.5 Å². The standard InChI is InChI=1S/C17H22N4O3/c1-12-15(19-24-18-12)8-17(22)21-9-13-6-4-5-7-16(13)23-11-14(21)10-20(2)3/h4-7,14H,8-11H2,1-3H3/t14-/m1/s1. The van der Waals surface area contributed by atoms with E-state index in [4.69, 9.17) is 9.37 Å². The van der Waals surface area contributed by atoms with Crippen LogP contribution in [0, 0.1) is 6.92 Å². The molecule has 0 saturated carbocycles. The minimum absolute atomic E-state index is 0.000882. The number of likely N-dealkylation sites (N-methyl/N-ethyl adjacent to an activating group) is 1. The minimum atomic E-state index is -0.0277. The van der Waals surface area contributed by atoms with Gasteiger partial charge in [-0.2, -0.15) is 0 Å². The van der Waals surface area contributed by atoms with Crippen LogP contribution in [0.3, 0.4) is 0 Å². The molecule has 0 saturated heterocycles. The summed E-state index contributed by atoms with van der Waals surface area (Å²) in [6.07, 6.45) is 0.182. The van der Waals surface area contributed by atoms with Gasteiger partial charge >= 0.3 is 0 Å². The lowest BCUT2D eigenvalue weighted by atomic mass is 10.1. The maximum atomic E-state index is 12.9. The summed E-state index contributed by atoms with van der Waals surface area (Å²) >= 11 is 0. The lowest BCUT2D eigenvalue weighted by molar-refractivity contribution is -0.134. The van der Waals surface area contributed by atoms with Crippen LogP contribution in [0.4, 0.5) is 0 Å². The van der Waals surface area contributed by atoms with Gasteiger partial charge in [0.05, 0.1) is 12.5 Å². The Morgan fingerprint density at radius 1 is 1.33 bits per heavy atom. The van der Waals surface area contributed by atoms with E-state index in [0.717, 1.165) is 17.9 Å². The first-order chi connectivity index (χ1) is 11.5. The molecule has 3 rings (SSSR count). The molecular weight excluding hydrogens is 308 g/mol. The molecule has 1 aromatic heterocycles. The number of hydrogen-bond acceptors (Lipinski definition) is 6. The predicted octanol–water partition coefficient (Wildman–Crippen LogP) is 1.27. The highest BCUT2D eigenvalue weighted by atomic mass is 16.6. The summed E-state index contributed by atoms with van der Waals surface area (Å²) < 4.78 is 10.6. The number of aromatic nitrogens is 2. The SMILES string of the molecule is Cc1nonc1CC(=O)N1Cc2ccccc2OC[C@H]1CN(C)C. The summed E-state index contributed by atoms with van der Waals surface area (Å²) in [6, 6.07) is 7.82. The van der Waals surface area contributed by atoms with Crippen LogP contribution >= 0.6 is 0 Å². The molecule has 0 radical (unpaired) electrons. The van der Waals surface area contributed by atoms with Crippen LogP contribution in [0.2, 0.25) is 0 Å². The molecule has 0 N–H and O–H groups in total. The van der Waals surface area contributed by atoms with Crippen molar-refractivity contribution in [2.24, 2.45) is 0 Å². The van der Waals surface area contributed by atoms with Crippen molar-refractivity contribution in [3.63, 3.8) is 0 Å². The van der Waals surface area contributed by atoms with Crippen LogP contribution in [0.15, 0.2) is 28.9 Å². The topological polar surface area (TPSA) is 71.7 Å². The Kier molecular flexibility index (Phi) is 4.80. The minimum Gasteiger partial charge on any atom is -0.491 e. The molecule has 128 valence electrons. The van der Waals surface area contributed by atoms with E-state index in [9.17, 15) is 4.79 Å². The molecule has 7 heteroatoms. The van der Waals surface area contributed by atoms with Crippen molar-refractivity contribution in [1.82, 2.24) is 20.1 Å². The number of hydrogen-bond donors (Lipinski definition) is 0. The van der Waals surface area contributed by atoms with Crippen LogP contribution in [-0.4, -0.2) is 59.3 Å². The average Bonchev–Trinajstić information content (AvgIpc) is 2.85. The molecule has 24 heavy (non-hydrogen) atoms. The summed E-state index contributed by atoms with van der Waals surface area (Å²) in [5, 5.41) is 7.58. The highest BCUT2D eigenvalue weighted by molar-refractivity contribution is 5.79. The van der Waals surface area contributed by atoms with Gasteiger partial charge in [0.1, 0.15) is 23.7 Å². The molecule has 1 atom stereocenters. The van der Waals surface area contributed by atoms with E-state index in [-0.39, 0.29) is 18.4 Å². The first kappa shape index (κ1) is 16.4. The zero-order chi connectivity index (χ0) is 17.1. The molecule has 2 heterocycles. The lowest BCUT2D eigenvalue weighted by Crippen LogP contribution is -2.47. The fourth-order valence-corrected chi connectivity index (χ4v) is 2.88. The predicted molar refractivity (Wildman–Crippen MR) is 87.6 cm³/mol. The third-order valence-electron chi connectivity index (χ3n) is 4.15. The van der Waals surface area contributed by atoms with Gasteiger partial charge in [-0.1, -0.05) is 28.5 Å². The summed E-state index contributed by atoms with van der Waals surface area (Å²) in [5.74, 6) is 0.844. The molecule has 1 amide bonds. The van der Waals surface area contributed by atoms with Crippen molar-refractivity contribution in [1.29, 1.82) is 0 Å². The molecule has 0 bridgehead atoms. The lowest BCUT2D eigenvalue weighted by Gasteiger charge is -2.31. The van der Waals surface area contributed by atoms with Gasteiger partial charge in [-0.3, -0.25) is 4.79 Å². The van der Waals surface area contributed by atoms with Gasteiger partial charge in [-0.15, -0.1) is 0 Å². The van der Waals surface area contributed by atoms with Crippen LogP contribution in [0.5, 0.6) is 5.75 Å². The van der Waals surface area contributed by atoms with Gasteiger partial charge in [-0.25, -0.2) is 4.63 Å². The quantitative estimate of drug-likeness (QED) is 0.841. The normalized spacial score (nSPS) is 17.3. The molecule has 0 fully saturated rings. The first-order valence-electron chi connectivity index (χ1n) is 7.97. The zero-order valence-electron chi connectivity index (χ0n) is 14.2. The molecule has 7 nitrogen and oxygen atoms in total. The summed E-state index contributed by atoms with van der Waals surface area (Å²) in [4.78, 5) is 16.9. The van der Waals surface area contributed by atoms with Gasteiger partial charge < -0.3 is 14.5 Å². The number of para-hydroxylation sites is 1. The zero-order valence-corrected chi connectivity index (χ0v) is 14.2. The second kappa shape index (κ2) is 7.00. The number of nitrogens with zero attached hydrogens (tertiary/aromatic N) is 4. The molecule has 1 aromatic carbocycles. The fraction of sp³-hybridized carbons (Fsp3) is 0.471. The Morgan fingerprint density at radius 2 is 2.12 bits per heavy atom. The van der Waals surface area contributed by atoms with E-state index in [1.54, 1.807) is 6.92 Å². The molecule has 2 aromatic rings. The van der Waals surface area contributed by atoms with Crippen LogP contribution in [-0.2, 0) is 17.8 Å². The number of benzene rings is 1. The van der Waals surface area contributed by atoms with Crippen LogP contribution < -0.4 is 4.74 Å². The van der Waals surface area contributed by atoms with E-state index in [2.05, 4.69) is 15.2 Å². The number of amides is 1.